The molecular weight excluding hydrogens is 403 g/mol. The quantitative estimate of drug-likeness (QED) is 0.539. The van der Waals surface area contributed by atoms with Gasteiger partial charge in [0.15, 0.2) is 5.65 Å². The second kappa shape index (κ2) is 7.21. The molecule has 4 aromatic rings. The zero-order valence-electron chi connectivity index (χ0n) is 16.0. The number of amides is 1. The molecule has 5 rings (SSSR count). The van der Waals surface area contributed by atoms with Crippen molar-refractivity contribution in [3.63, 3.8) is 0 Å². The minimum absolute atomic E-state index is 0.125. The third-order valence-corrected chi connectivity index (χ3v) is 5.17. The molecule has 1 aliphatic rings. The monoisotopic (exact) mass is 418 g/mol. The molecule has 2 aromatic heterocycles. The number of aromatic carboxylic acids is 1. The van der Waals surface area contributed by atoms with Crippen molar-refractivity contribution in [3.8, 4) is 11.1 Å². The average Bonchev–Trinajstić information content (AvgIpc) is 3.37. The number of cyclic esters (lactones) is 1. The lowest BCUT2D eigenvalue weighted by molar-refractivity contribution is 0.0697. The van der Waals surface area contributed by atoms with Crippen LogP contribution in [0.5, 0.6) is 0 Å². The number of carbonyl (C=O) groups is 2. The van der Waals surface area contributed by atoms with Gasteiger partial charge in [-0.2, -0.15) is 5.10 Å². The van der Waals surface area contributed by atoms with Crippen LogP contribution in [0.15, 0.2) is 67.0 Å². The first-order valence-corrected chi connectivity index (χ1v) is 9.41. The van der Waals surface area contributed by atoms with Gasteiger partial charge in [0, 0.05) is 11.8 Å². The maximum absolute atomic E-state index is 13.3. The zero-order chi connectivity index (χ0) is 21.5. The van der Waals surface area contributed by atoms with Crippen molar-refractivity contribution >= 4 is 23.5 Å². The standard InChI is InChI=1S/C22H15FN4O4/c23-16-7-5-14(6-8-16)18-12-31-22(30)27(18)19-9-10-26-20(25-19)17(11-24-26)13-1-3-15(4-2-13)21(28)29/h1-11,18H,12H2,(H,28,29). The Hall–Kier alpha value is -4.27. The van der Waals surface area contributed by atoms with Gasteiger partial charge < -0.3 is 9.84 Å². The van der Waals surface area contributed by atoms with Gasteiger partial charge in [-0.05, 0) is 41.5 Å². The number of aromatic nitrogens is 3. The number of benzene rings is 2. The van der Waals surface area contributed by atoms with E-state index in [2.05, 4.69) is 10.1 Å². The molecule has 1 aliphatic heterocycles. The van der Waals surface area contributed by atoms with E-state index < -0.39 is 18.1 Å². The molecule has 3 heterocycles. The van der Waals surface area contributed by atoms with E-state index >= 15 is 0 Å². The summed E-state index contributed by atoms with van der Waals surface area (Å²) < 4.78 is 20.1. The predicted molar refractivity (Wildman–Crippen MR) is 108 cm³/mol. The van der Waals surface area contributed by atoms with Crippen LogP contribution in [-0.2, 0) is 4.74 Å². The predicted octanol–water partition coefficient (Wildman–Crippen LogP) is 3.93. The van der Waals surface area contributed by atoms with E-state index in [9.17, 15) is 14.0 Å². The molecule has 9 heteroatoms. The van der Waals surface area contributed by atoms with Gasteiger partial charge in [-0.15, -0.1) is 0 Å². The Balaban J connectivity index is 1.56. The van der Waals surface area contributed by atoms with Gasteiger partial charge in [0.1, 0.15) is 24.3 Å². The molecule has 154 valence electrons. The molecule has 1 atom stereocenters. The topological polar surface area (TPSA) is 97.0 Å². The van der Waals surface area contributed by atoms with Crippen molar-refractivity contribution < 1.29 is 23.8 Å². The molecule has 31 heavy (non-hydrogen) atoms. The fourth-order valence-corrected chi connectivity index (χ4v) is 3.59. The van der Waals surface area contributed by atoms with Crippen molar-refractivity contribution in [2.24, 2.45) is 0 Å². The molecule has 1 N–H and O–H groups in total. The number of carboxylic acids is 1. The fraction of sp³-hybridized carbons (Fsp3) is 0.0909. The fourth-order valence-electron chi connectivity index (χ4n) is 3.59. The van der Waals surface area contributed by atoms with Gasteiger partial charge in [0.05, 0.1) is 11.8 Å². The minimum Gasteiger partial charge on any atom is -0.478 e. The smallest absolute Gasteiger partial charge is 0.416 e. The van der Waals surface area contributed by atoms with Crippen molar-refractivity contribution in [2.75, 3.05) is 11.5 Å². The zero-order valence-corrected chi connectivity index (χ0v) is 16.0. The van der Waals surface area contributed by atoms with Gasteiger partial charge in [0.2, 0.25) is 0 Å². The first-order chi connectivity index (χ1) is 15.0. The number of hydrogen-bond acceptors (Lipinski definition) is 5. The van der Waals surface area contributed by atoms with E-state index in [1.54, 1.807) is 47.2 Å². The Labute approximate surface area is 175 Å². The van der Waals surface area contributed by atoms with E-state index in [0.717, 1.165) is 11.1 Å². The minimum atomic E-state index is -1.01. The van der Waals surface area contributed by atoms with Crippen LogP contribution < -0.4 is 4.90 Å². The van der Waals surface area contributed by atoms with Crippen LogP contribution in [0.3, 0.4) is 0 Å². The van der Waals surface area contributed by atoms with Crippen molar-refractivity contribution in [1.29, 1.82) is 0 Å². The number of ether oxygens (including phenoxy) is 1. The Morgan fingerprint density at radius 3 is 2.55 bits per heavy atom. The number of hydrogen-bond donors (Lipinski definition) is 1. The Morgan fingerprint density at radius 1 is 1.10 bits per heavy atom. The number of carbonyl (C=O) groups excluding carboxylic acids is 1. The van der Waals surface area contributed by atoms with Gasteiger partial charge >= 0.3 is 12.1 Å². The largest absolute Gasteiger partial charge is 0.478 e. The molecule has 2 aromatic carbocycles. The Kier molecular flexibility index (Phi) is 4.36. The van der Waals surface area contributed by atoms with E-state index in [4.69, 9.17) is 9.84 Å². The van der Waals surface area contributed by atoms with E-state index in [1.807, 2.05) is 0 Å². The first-order valence-electron chi connectivity index (χ1n) is 9.41. The highest BCUT2D eigenvalue weighted by Gasteiger charge is 2.36. The molecule has 1 unspecified atom stereocenters. The highest BCUT2D eigenvalue weighted by molar-refractivity contribution is 5.91. The summed E-state index contributed by atoms with van der Waals surface area (Å²) in [4.78, 5) is 29.6. The lowest BCUT2D eigenvalue weighted by Gasteiger charge is -2.20. The molecule has 1 amide bonds. The van der Waals surface area contributed by atoms with Gasteiger partial charge in [0.25, 0.3) is 0 Å². The van der Waals surface area contributed by atoms with E-state index in [1.165, 1.54) is 29.2 Å². The maximum Gasteiger partial charge on any atom is 0.416 e. The maximum atomic E-state index is 13.3. The van der Waals surface area contributed by atoms with Gasteiger partial charge in [-0.25, -0.2) is 23.5 Å². The average molecular weight is 418 g/mol. The molecule has 0 bridgehead atoms. The summed E-state index contributed by atoms with van der Waals surface area (Å²) in [5.74, 6) is -1.00. The molecule has 8 nitrogen and oxygen atoms in total. The summed E-state index contributed by atoms with van der Waals surface area (Å²) >= 11 is 0. The van der Waals surface area contributed by atoms with Crippen molar-refractivity contribution in [3.05, 3.63) is 83.9 Å². The third-order valence-electron chi connectivity index (χ3n) is 5.17. The second-order valence-electron chi connectivity index (χ2n) is 7.01. The van der Waals surface area contributed by atoms with Crippen LogP contribution in [-0.4, -0.2) is 38.4 Å². The summed E-state index contributed by atoms with van der Waals surface area (Å²) in [6.45, 7) is 0.125. The SMILES string of the molecule is O=C(O)c1ccc(-c2cnn3ccc(N4C(=O)OCC4c4ccc(F)cc4)nc23)cc1. The molecule has 1 fully saturated rings. The van der Waals surface area contributed by atoms with Crippen molar-refractivity contribution in [1.82, 2.24) is 14.6 Å². The number of fused-ring (bicyclic) bond motifs is 1. The molecule has 0 spiro atoms. The molecule has 0 saturated carbocycles. The lowest BCUT2D eigenvalue weighted by Crippen LogP contribution is -2.28. The first kappa shape index (κ1) is 18.7. The molecule has 0 radical (unpaired) electrons. The Morgan fingerprint density at radius 2 is 1.84 bits per heavy atom. The third kappa shape index (κ3) is 3.25. The van der Waals surface area contributed by atoms with E-state index in [0.29, 0.717) is 17.0 Å². The molecule has 0 aliphatic carbocycles. The van der Waals surface area contributed by atoms with E-state index in [-0.39, 0.29) is 18.0 Å². The number of carboxylic acid groups (broad SMARTS) is 1. The summed E-state index contributed by atoms with van der Waals surface area (Å²) in [6.07, 6.45) is 2.76. The van der Waals surface area contributed by atoms with Gasteiger partial charge in [-0.3, -0.25) is 4.90 Å². The second-order valence-corrected chi connectivity index (χ2v) is 7.01. The van der Waals surface area contributed by atoms with Gasteiger partial charge in [-0.1, -0.05) is 24.3 Å². The summed E-state index contributed by atoms with van der Waals surface area (Å²) in [5, 5.41) is 13.4. The van der Waals surface area contributed by atoms with Crippen LogP contribution >= 0.6 is 0 Å². The van der Waals surface area contributed by atoms with Crippen LogP contribution in [0.25, 0.3) is 16.8 Å². The number of rotatable bonds is 4. The summed E-state index contributed by atoms with van der Waals surface area (Å²) in [7, 11) is 0. The highest BCUT2D eigenvalue weighted by Crippen LogP contribution is 2.33. The number of nitrogens with zero attached hydrogens (tertiary/aromatic N) is 4. The molecular formula is C22H15FN4O4. The Bertz CT molecular complexity index is 1300. The number of halogens is 1. The highest BCUT2D eigenvalue weighted by atomic mass is 19.1. The van der Waals surface area contributed by atoms with Crippen LogP contribution in [0.2, 0.25) is 0 Å². The molecule has 1 saturated heterocycles. The lowest BCUT2D eigenvalue weighted by atomic mass is 10.1. The van der Waals surface area contributed by atoms with Crippen LogP contribution in [0.1, 0.15) is 22.0 Å². The van der Waals surface area contributed by atoms with Crippen molar-refractivity contribution in [2.45, 2.75) is 6.04 Å². The summed E-state index contributed by atoms with van der Waals surface area (Å²) in [6, 6.07) is 13.5. The normalized spacial score (nSPS) is 16.0. The number of anilines is 1. The van der Waals surface area contributed by atoms with Crippen LogP contribution in [0.4, 0.5) is 15.0 Å². The van der Waals surface area contributed by atoms with Crippen LogP contribution in [0, 0.1) is 5.82 Å². The summed E-state index contributed by atoms with van der Waals surface area (Å²) in [5.41, 5.74) is 2.83.